The summed E-state index contributed by atoms with van der Waals surface area (Å²) in [6.45, 7) is 2.43. The molecule has 1 heterocycles. The molecule has 1 amide bonds. The maximum absolute atomic E-state index is 12.0. The number of benzene rings is 1. The van der Waals surface area contributed by atoms with Gasteiger partial charge in [0.25, 0.3) is 5.91 Å². The number of nitrogens with zero attached hydrogens (tertiary/aromatic N) is 1. The van der Waals surface area contributed by atoms with E-state index in [2.05, 4.69) is 26.2 Å². The second-order valence-corrected chi connectivity index (χ2v) is 4.80. The molecule has 2 aromatic rings. The molecule has 1 aromatic carbocycles. The Labute approximate surface area is 114 Å². The quantitative estimate of drug-likeness (QED) is 0.947. The van der Waals surface area contributed by atoms with E-state index in [1.807, 2.05) is 37.3 Å². The molecule has 1 aromatic heterocycles. The molecule has 18 heavy (non-hydrogen) atoms. The van der Waals surface area contributed by atoms with Crippen molar-refractivity contribution in [2.45, 2.75) is 13.5 Å². The molecule has 92 valence electrons. The van der Waals surface area contributed by atoms with Crippen molar-refractivity contribution in [2.75, 3.05) is 0 Å². The van der Waals surface area contributed by atoms with Crippen LogP contribution in [0.1, 0.15) is 21.5 Å². The van der Waals surface area contributed by atoms with E-state index in [1.54, 1.807) is 12.4 Å². The van der Waals surface area contributed by atoms with Crippen molar-refractivity contribution in [2.24, 2.45) is 0 Å². The van der Waals surface area contributed by atoms with E-state index in [9.17, 15) is 4.79 Å². The van der Waals surface area contributed by atoms with Gasteiger partial charge in [-0.25, -0.2) is 0 Å². The van der Waals surface area contributed by atoms with Crippen molar-refractivity contribution in [3.63, 3.8) is 0 Å². The first-order valence-electron chi connectivity index (χ1n) is 5.60. The minimum atomic E-state index is -0.0642. The molecule has 0 bridgehead atoms. The lowest BCUT2D eigenvalue weighted by Gasteiger charge is -2.08. The molecule has 0 saturated carbocycles. The van der Waals surface area contributed by atoms with Crippen molar-refractivity contribution in [3.8, 4) is 0 Å². The molecule has 1 N–H and O–H groups in total. The molecule has 0 aliphatic heterocycles. The van der Waals surface area contributed by atoms with Gasteiger partial charge in [0, 0.05) is 29.0 Å². The lowest BCUT2D eigenvalue weighted by molar-refractivity contribution is 0.0950. The average molecular weight is 305 g/mol. The van der Waals surface area contributed by atoms with Gasteiger partial charge in [0.05, 0.1) is 0 Å². The summed E-state index contributed by atoms with van der Waals surface area (Å²) in [6.07, 6.45) is 3.43. The number of pyridine rings is 1. The highest BCUT2D eigenvalue weighted by molar-refractivity contribution is 9.10. The largest absolute Gasteiger partial charge is 0.348 e. The first kappa shape index (κ1) is 12.8. The van der Waals surface area contributed by atoms with Crippen molar-refractivity contribution in [1.82, 2.24) is 10.3 Å². The maximum atomic E-state index is 12.0. The van der Waals surface area contributed by atoms with Gasteiger partial charge in [0.1, 0.15) is 0 Å². The molecule has 0 aliphatic carbocycles. The highest BCUT2D eigenvalue weighted by Crippen LogP contribution is 2.19. The van der Waals surface area contributed by atoms with Gasteiger partial charge >= 0.3 is 0 Å². The van der Waals surface area contributed by atoms with E-state index in [1.165, 1.54) is 0 Å². The zero-order chi connectivity index (χ0) is 13.0. The lowest BCUT2D eigenvalue weighted by atomic mass is 10.1. The average Bonchev–Trinajstić information content (AvgIpc) is 2.40. The Bertz CT molecular complexity index is 555. The highest BCUT2D eigenvalue weighted by Gasteiger charge is 2.09. The number of halogens is 1. The van der Waals surface area contributed by atoms with Gasteiger partial charge in [-0.3, -0.25) is 9.78 Å². The molecular formula is C14H13BrN2O. The summed E-state index contributed by atoms with van der Waals surface area (Å²) >= 11 is 3.42. The number of nitrogens with one attached hydrogen (secondary N) is 1. The van der Waals surface area contributed by atoms with Gasteiger partial charge in [0.15, 0.2) is 0 Å². The zero-order valence-corrected chi connectivity index (χ0v) is 11.6. The summed E-state index contributed by atoms with van der Waals surface area (Å²) in [4.78, 5) is 16.0. The number of amides is 1. The summed E-state index contributed by atoms with van der Waals surface area (Å²) in [5.74, 6) is -0.0642. The van der Waals surface area contributed by atoms with Crippen LogP contribution in [-0.4, -0.2) is 10.9 Å². The summed E-state index contributed by atoms with van der Waals surface area (Å²) in [6, 6.07) is 9.37. The fourth-order valence-corrected chi connectivity index (χ4v) is 2.00. The number of carbonyl (C=O) groups is 1. The molecule has 0 radical (unpaired) electrons. The third-order valence-electron chi connectivity index (χ3n) is 2.71. The van der Waals surface area contributed by atoms with Gasteiger partial charge in [0.2, 0.25) is 0 Å². The van der Waals surface area contributed by atoms with E-state index in [0.29, 0.717) is 12.1 Å². The van der Waals surface area contributed by atoms with Gasteiger partial charge < -0.3 is 5.32 Å². The Morgan fingerprint density at radius 3 is 2.72 bits per heavy atom. The van der Waals surface area contributed by atoms with Crippen LogP contribution in [0.3, 0.4) is 0 Å². The van der Waals surface area contributed by atoms with Crippen molar-refractivity contribution < 1.29 is 4.79 Å². The minimum absolute atomic E-state index is 0.0642. The van der Waals surface area contributed by atoms with Gasteiger partial charge in [-0.2, -0.15) is 0 Å². The SMILES string of the molecule is Cc1c(Br)cccc1C(=O)NCc1ccncc1. The van der Waals surface area contributed by atoms with Gasteiger partial charge in [-0.1, -0.05) is 22.0 Å². The topological polar surface area (TPSA) is 42.0 Å². The van der Waals surface area contributed by atoms with Gasteiger partial charge in [-0.15, -0.1) is 0 Å². The Balaban J connectivity index is 2.07. The Morgan fingerprint density at radius 1 is 1.28 bits per heavy atom. The molecule has 0 unspecified atom stereocenters. The molecule has 0 saturated heterocycles. The van der Waals surface area contributed by atoms with Crippen molar-refractivity contribution >= 4 is 21.8 Å². The summed E-state index contributed by atoms with van der Waals surface area (Å²) in [7, 11) is 0. The number of rotatable bonds is 3. The third-order valence-corrected chi connectivity index (χ3v) is 3.57. The van der Waals surface area contributed by atoms with Gasteiger partial charge in [-0.05, 0) is 42.3 Å². The molecule has 0 spiro atoms. The molecule has 0 atom stereocenters. The van der Waals surface area contributed by atoms with Crippen LogP contribution < -0.4 is 5.32 Å². The first-order valence-corrected chi connectivity index (χ1v) is 6.40. The van der Waals surface area contributed by atoms with Crippen LogP contribution in [0.4, 0.5) is 0 Å². The Morgan fingerprint density at radius 2 is 2.00 bits per heavy atom. The molecule has 2 rings (SSSR count). The van der Waals surface area contributed by atoms with Crippen LogP contribution in [0.25, 0.3) is 0 Å². The minimum Gasteiger partial charge on any atom is -0.348 e. The van der Waals surface area contributed by atoms with Crippen LogP contribution in [-0.2, 0) is 6.54 Å². The fourth-order valence-electron chi connectivity index (χ4n) is 1.63. The van der Waals surface area contributed by atoms with Crippen LogP contribution in [0.5, 0.6) is 0 Å². The second kappa shape index (κ2) is 5.78. The van der Waals surface area contributed by atoms with E-state index in [0.717, 1.165) is 15.6 Å². The van der Waals surface area contributed by atoms with Crippen LogP contribution in [0, 0.1) is 6.92 Å². The van der Waals surface area contributed by atoms with Crippen LogP contribution >= 0.6 is 15.9 Å². The number of hydrogen-bond donors (Lipinski definition) is 1. The Kier molecular flexibility index (Phi) is 4.10. The third kappa shape index (κ3) is 2.96. The van der Waals surface area contributed by atoms with E-state index < -0.39 is 0 Å². The Hall–Kier alpha value is -1.68. The monoisotopic (exact) mass is 304 g/mol. The van der Waals surface area contributed by atoms with Crippen LogP contribution in [0.2, 0.25) is 0 Å². The number of carbonyl (C=O) groups excluding carboxylic acids is 1. The first-order chi connectivity index (χ1) is 8.68. The highest BCUT2D eigenvalue weighted by atomic mass is 79.9. The molecular weight excluding hydrogens is 292 g/mol. The smallest absolute Gasteiger partial charge is 0.251 e. The maximum Gasteiger partial charge on any atom is 0.251 e. The predicted octanol–water partition coefficient (Wildman–Crippen LogP) is 3.08. The zero-order valence-electron chi connectivity index (χ0n) is 9.98. The van der Waals surface area contributed by atoms with E-state index >= 15 is 0 Å². The van der Waals surface area contributed by atoms with Crippen LogP contribution in [0.15, 0.2) is 47.2 Å². The second-order valence-electron chi connectivity index (χ2n) is 3.95. The summed E-state index contributed by atoms with van der Waals surface area (Å²) in [5.41, 5.74) is 2.68. The molecule has 4 heteroatoms. The van der Waals surface area contributed by atoms with Crippen molar-refractivity contribution in [1.29, 1.82) is 0 Å². The molecule has 0 aliphatic rings. The number of hydrogen-bond acceptors (Lipinski definition) is 2. The summed E-state index contributed by atoms with van der Waals surface area (Å²) in [5, 5.41) is 2.90. The predicted molar refractivity (Wildman–Crippen MR) is 74.3 cm³/mol. The lowest BCUT2D eigenvalue weighted by Crippen LogP contribution is -2.23. The standard InChI is InChI=1S/C14H13BrN2O/c1-10-12(3-2-4-13(10)15)14(18)17-9-11-5-7-16-8-6-11/h2-8H,9H2,1H3,(H,17,18). The molecule has 3 nitrogen and oxygen atoms in total. The van der Waals surface area contributed by atoms with Crippen molar-refractivity contribution in [3.05, 3.63) is 63.9 Å². The number of aromatic nitrogens is 1. The summed E-state index contributed by atoms with van der Waals surface area (Å²) < 4.78 is 0.944. The molecule has 0 fully saturated rings. The fraction of sp³-hybridized carbons (Fsp3) is 0.143. The van der Waals surface area contributed by atoms with E-state index in [-0.39, 0.29) is 5.91 Å². The van der Waals surface area contributed by atoms with E-state index in [4.69, 9.17) is 0 Å². The normalized spacial score (nSPS) is 10.1.